The maximum absolute atomic E-state index is 15.0. The minimum atomic E-state index is -0.727. The molecule has 0 bridgehead atoms. The number of hydrogen-bond acceptors (Lipinski definition) is 6. The largest absolute Gasteiger partial charge is 0.365 e. The Balaban J connectivity index is 1.82. The highest BCUT2D eigenvalue weighted by atomic mass is 127. The summed E-state index contributed by atoms with van der Waals surface area (Å²) >= 11 is 2.03. The standard InChI is InChI=1S/C21H22FIN4O4/c1-21(2)29-10-13(31-21)11-30-27(16-7-6-12(23)9-15(16)22)20-17(18(24)28)14-5-4-8-25-19(14)26(20)3/h4-9,13H,10-11H2,1-3H3,(H2,24,28)/t13-/m1/s1. The lowest BCUT2D eigenvalue weighted by molar-refractivity contribution is -0.145. The van der Waals surface area contributed by atoms with Gasteiger partial charge in [-0.3, -0.25) is 9.63 Å². The molecule has 3 aromatic rings. The van der Waals surface area contributed by atoms with Gasteiger partial charge >= 0.3 is 0 Å². The van der Waals surface area contributed by atoms with Gasteiger partial charge in [-0.05, 0) is 66.8 Å². The molecule has 2 aromatic heterocycles. The second-order valence-electron chi connectivity index (χ2n) is 7.63. The molecule has 1 aliphatic heterocycles. The van der Waals surface area contributed by atoms with E-state index in [2.05, 4.69) is 4.98 Å². The van der Waals surface area contributed by atoms with Gasteiger partial charge in [-0.2, -0.15) is 0 Å². The van der Waals surface area contributed by atoms with Crippen LogP contribution >= 0.6 is 22.6 Å². The number of halogens is 2. The number of rotatable bonds is 6. The lowest BCUT2D eigenvalue weighted by atomic mass is 10.2. The normalized spacial score (nSPS) is 17.9. The minimum absolute atomic E-state index is 0.0714. The number of ether oxygens (including phenoxy) is 2. The number of benzene rings is 1. The Morgan fingerprint density at radius 3 is 2.87 bits per heavy atom. The number of primary amides is 1. The van der Waals surface area contributed by atoms with Crippen LogP contribution in [0.4, 0.5) is 15.9 Å². The lowest BCUT2D eigenvalue weighted by Crippen LogP contribution is -2.30. The molecule has 1 atom stereocenters. The van der Waals surface area contributed by atoms with Gasteiger partial charge in [0.1, 0.15) is 29.9 Å². The summed E-state index contributed by atoms with van der Waals surface area (Å²) in [6, 6.07) is 8.17. The van der Waals surface area contributed by atoms with Gasteiger partial charge in [0.15, 0.2) is 11.6 Å². The first-order valence-electron chi connectivity index (χ1n) is 9.61. The zero-order chi connectivity index (χ0) is 22.3. The number of carbonyl (C=O) groups excluding carboxylic acids is 1. The van der Waals surface area contributed by atoms with Crippen molar-refractivity contribution in [1.82, 2.24) is 9.55 Å². The fourth-order valence-electron chi connectivity index (χ4n) is 3.62. The van der Waals surface area contributed by atoms with E-state index in [1.165, 1.54) is 11.1 Å². The highest BCUT2D eigenvalue weighted by Gasteiger charge is 2.34. The van der Waals surface area contributed by atoms with Crippen LogP contribution in [0, 0.1) is 9.39 Å². The molecule has 1 amide bonds. The maximum Gasteiger partial charge on any atom is 0.253 e. The molecule has 1 aliphatic rings. The average molecular weight is 540 g/mol. The highest BCUT2D eigenvalue weighted by molar-refractivity contribution is 14.1. The fourth-order valence-corrected chi connectivity index (χ4v) is 4.08. The van der Waals surface area contributed by atoms with E-state index in [0.717, 1.165) is 3.57 Å². The summed E-state index contributed by atoms with van der Waals surface area (Å²) in [5.74, 6) is -1.63. The van der Waals surface area contributed by atoms with Gasteiger partial charge in [-0.15, -0.1) is 0 Å². The van der Waals surface area contributed by atoms with Crippen LogP contribution < -0.4 is 10.8 Å². The Labute approximate surface area is 192 Å². The number of amides is 1. The third kappa shape index (κ3) is 4.25. The lowest BCUT2D eigenvalue weighted by Gasteiger charge is -2.27. The molecular weight excluding hydrogens is 518 g/mol. The van der Waals surface area contributed by atoms with Crippen molar-refractivity contribution < 1.29 is 23.5 Å². The predicted octanol–water partition coefficient (Wildman–Crippen LogP) is 3.64. The van der Waals surface area contributed by atoms with Gasteiger partial charge in [0.25, 0.3) is 5.91 Å². The molecule has 164 valence electrons. The van der Waals surface area contributed by atoms with Crippen LogP contribution in [0.15, 0.2) is 36.5 Å². The van der Waals surface area contributed by atoms with Crippen LogP contribution in [-0.4, -0.2) is 40.6 Å². The van der Waals surface area contributed by atoms with Crippen molar-refractivity contribution >= 4 is 51.0 Å². The molecule has 3 heterocycles. The number of pyridine rings is 1. The van der Waals surface area contributed by atoms with Crippen molar-refractivity contribution in [1.29, 1.82) is 0 Å². The third-order valence-corrected chi connectivity index (χ3v) is 5.61. The molecule has 2 N–H and O–H groups in total. The number of aromatic nitrogens is 2. The van der Waals surface area contributed by atoms with Gasteiger partial charge in [-0.25, -0.2) is 14.4 Å². The van der Waals surface area contributed by atoms with E-state index >= 15 is 4.39 Å². The van der Waals surface area contributed by atoms with E-state index in [4.69, 9.17) is 20.0 Å². The van der Waals surface area contributed by atoms with Crippen molar-refractivity contribution in [3.05, 3.63) is 51.5 Å². The molecule has 4 rings (SSSR count). The van der Waals surface area contributed by atoms with E-state index in [1.807, 2.05) is 36.4 Å². The summed E-state index contributed by atoms with van der Waals surface area (Å²) in [6.45, 7) is 4.02. The van der Waals surface area contributed by atoms with E-state index in [1.54, 1.807) is 42.1 Å². The minimum Gasteiger partial charge on any atom is -0.365 e. The second-order valence-corrected chi connectivity index (χ2v) is 8.88. The highest BCUT2D eigenvalue weighted by Crippen LogP contribution is 2.37. The summed E-state index contributed by atoms with van der Waals surface area (Å²) < 4.78 is 28.8. The number of nitrogens with zero attached hydrogens (tertiary/aromatic N) is 3. The molecule has 8 nitrogen and oxygen atoms in total. The number of nitrogens with two attached hydrogens (primary N) is 1. The maximum atomic E-state index is 15.0. The Morgan fingerprint density at radius 2 is 2.23 bits per heavy atom. The van der Waals surface area contributed by atoms with Gasteiger partial charge in [0, 0.05) is 22.2 Å². The molecule has 0 unspecified atom stereocenters. The molecule has 0 radical (unpaired) electrons. The molecule has 10 heteroatoms. The first kappa shape index (κ1) is 21.9. The van der Waals surface area contributed by atoms with E-state index in [-0.39, 0.29) is 29.8 Å². The van der Waals surface area contributed by atoms with Gasteiger partial charge in [0.2, 0.25) is 0 Å². The van der Waals surface area contributed by atoms with Crippen LogP contribution in [0.1, 0.15) is 24.2 Å². The quantitative estimate of drug-likeness (QED) is 0.380. The Kier molecular flexibility index (Phi) is 5.90. The summed E-state index contributed by atoms with van der Waals surface area (Å²) in [5.41, 5.74) is 6.56. The molecule has 0 spiro atoms. The molecule has 31 heavy (non-hydrogen) atoms. The number of carbonyl (C=O) groups is 1. The van der Waals surface area contributed by atoms with Crippen LogP contribution in [0.3, 0.4) is 0 Å². The summed E-state index contributed by atoms with van der Waals surface area (Å²) in [6.07, 6.45) is 1.24. The van der Waals surface area contributed by atoms with E-state index in [0.29, 0.717) is 17.6 Å². The molecule has 1 aromatic carbocycles. The summed E-state index contributed by atoms with van der Waals surface area (Å²) in [7, 11) is 1.72. The van der Waals surface area contributed by atoms with Crippen molar-refractivity contribution in [2.24, 2.45) is 12.8 Å². The number of anilines is 2. The van der Waals surface area contributed by atoms with Gasteiger partial charge in [-0.1, -0.05) is 0 Å². The molecule has 1 saturated heterocycles. The fraction of sp³-hybridized carbons (Fsp3) is 0.333. The summed E-state index contributed by atoms with van der Waals surface area (Å²) in [4.78, 5) is 22.8. The Bertz CT molecular complexity index is 1150. The summed E-state index contributed by atoms with van der Waals surface area (Å²) in [5, 5.41) is 1.83. The third-order valence-electron chi connectivity index (χ3n) is 4.94. The molecule has 1 fully saturated rings. The smallest absolute Gasteiger partial charge is 0.253 e. The second kappa shape index (κ2) is 8.34. The first-order chi connectivity index (χ1) is 14.7. The zero-order valence-corrected chi connectivity index (χ0v) is 19.4. The van der Waals surface area contributed by atoms with Crippen LogP contribution in [0.5, 0.6) is 0 Å². The van der Waals surface area contributed by atoms with Crippen molar-refractivity contribution in [2.75, 3.05) is 18.3 Å². The van der Waals surface area contributed by atoms with Crippen LogP contribution in [0.25, 0.3) is 11.0 Å². The monoisotopic (exact) mass is 540 g/mol. The molecule has 0 saturated carbocycles. The SMILES string of the molecule is Cn1c(N(OC[C@H]2COC(C)(C)O2)c2ccc(I)cc2F)c(C(N)=O)c2cccnc21. The van der Waals surface area contributed by atoms with Crippen molar-refractivity contribution in [3.63, 3.8) is 0 Å². The molecule has 0 aliphatic carbocycles. The van der Waals surface area contributed by atoms with Crippen LogP contribution in [-0.2, 0) is 21.4 Å². The first-order valence-corrected chi connectivity index (χ1v) is 10.7. The number of aryl methyl sites for hydroxylation is 1. The van der Waals surface area contributed by atoms with Crippen molar-refractivity contribution in [3.8, 4) is 0 Å². The average Bonchev–Trinajstić information content (AvgIpc) is 3.20. The number of hydrogen-bond donors (Lipinski definition) is 1. The number of fused-ring (bicyclic) bond motifs is 1. The van der Waals surface area contributed by atoms with Gasteiger partial charge < -0.3 is 19.8 Å². The topological polar surface area (TPSA) is 91.8 Å². The van der Waals surface area contributed by atoms with Crippen molar-refractivity contribution in [2.45, 2.75) is 25.7 Å². The predicted molar refractivity (Wildman–Crippen MR) is 121 cm³/mol. The Morgan fingerprint density at radius 1 is 1.45 bits per heavy atom. The van der Waals surface area contributed by atoms with E-state index < -0.39 is 17.5 Å². The Hall–Kier alpha value is -2.28. The van der Waals surface area contributed by atoms with E-state index in [9.17, 15) is 4.79 Å². The van der Waals surface area contributed by atoms with Gasteiger partial charge in [0.05, 0.1) is 12.2 Å². The zero-order valence-electron chi connectivity index (χ0n) is 17.3. The molecular formula is C21H22FIN4O4. The van der Waals surface area contributed by atoms with Crippen LogP contribution in [0.2, 0.25) is 0 Å².